The summed E-state index contributed by atoms with van der Waals surface area (Å²) in [5, 5.41) is 10.2. The molecule has 5 heteroatoms. The van der Waals surface area contributed by atoms with Crippen LogP contribution >= 0.6 is 0 Å². The van der Waals surface area contributed by atoms with Crippen molar-refractivity contribution in [2.24, 2.45) is 5.92 Å². The summed E-state index contributed by atoms with van der Waals surface area (Å²) in [5.74, 6) is 0.314. The van der Waals surface area contributed by atoms with Gasteiger partial charge in [0.05, 0.1) is 19.4 Å². The van der Waals surface area contributed by atoms with Gasteiger partial charge < -0.3 is 14.6 Å². The second kappa shape index (κ2) is 5.95. The number of rotatable bonds is 6. The first-order valence-corrected chi connectivity index (χ1v) is 7.44. The lowest BCUT2D eigenvalue weighted by Gasteiger charge is -2.49. The van der Waals surface area contributed by atoms with Crippen molar-refractivity contribution in [3.63, 3.8) is 0 Å². The summed E-state index contributed by atoms with van der Waals surface area (Å²) < 4.78 is 2.01. The zero-order valence-electron chi connectivity index (χ0n) is 12.6. The molecular weight excluding hydrogens is 254 g/mol. The van der Waals surface area contributed by atoms with Gasteiger partial charge in [-0.3, -0.25) is 4.79 Å². The number of hydrogen-bond acceptors (Lipinski definition) is 3. The summed E-state index contributed by atoms with van der Waals surface area (Å²) in [7, 11) is 0. The SMILES string of the molecule is CCCC(CC(=O)N1CC(O)(C(C)C)C1)n1ccnc1. The minimum Gasteiger partial charge on any atom is -0.386 e. The molecule has 112 valence electrons. The maximum absolute atomic E-state index is 12.3. The van der Waals surface area contributed by atoms with Crippen molar-refractivity contribution in [3.05, 3.63) is 18.7 Å². The fraction of sp³-hybridized carbons (Fsp3) is 0.733. The van der Waals surface area contributed by atoms with Crippen molar-refractivity contribution in [1.29, 1.82) is 0 Å². The first-order chi connectivity index (χ1) is 9.46. The lowest BCUT2D eigenvalue weighted by atomic mass is 9.82. The fourth-order valence-corrected chi connectivity index (χ4v) is 2.66. The number of likely N-dealkylation sites (tertiary alicyclic amines) is 1. The van der Waals surface area contributed by atoms with E-state index in [1.165, 1.54) is 0 Å². The maximum atomic E-state index is 12.3. The van der Waals surface area contributed by atoms with Crippen LogP contribution in [0.4, 0.5) is 0 Å². The molecule has 1 amide bonds. The highest BCUT2D eigenvalue weighted by Gasteiger charge is 2.45. The lowest BCUT2D eigenvalue weighted by molar-refractivity contribution is -0.164. The molecule has 2 rings (SSSR count). The first-order valence-electron chi connectivity index (χ1n) is 7.44. The van der Waals surface area contributed by atoms with Crippen LogP contribution in [0.15, 0.2) is 18.7 Å². The molecule has 1 saturated heterocycles. The van der Waals surface area contributed by atoms with Crippen molar-refractivity contribution in [2.45, 2.75) is 51.7 Å². The van der Waals surface area contributed by atoms with Crippen LogP contribution in [0.3, 0.4) is 0 Å². The van der Waals surface area contributed by atoms with Crippen LogP contribution in [-0.4, -0.2) is 44.2 Å². The Bertz CT molecular complexity index is 436. The molecule has 0 aliphatic carbocycles. The summed E-state index contributed by atoms with van der Waals surface area (Å²) in [6, 6.07) is 0.169. The van der Waals surface area contributed by atoms with Gasteiger partial charge >= 0.3 is 0 Å². The number of imidazole rings is 1. The first kappa shape index (κ1) is 15.0. The largest absolute Gasteiger partial charge is 0.386 e. The van der Waals surface area contributed by atoms with Crippen LogP contribution < -0.4 is 0 Å². The average Bonchev–Trinajstić information content (AvgIpc) is 2.87. The zero-order valence-corrected chi connectivity index (χ0v) is 12.6. The van der Waals surface area contributed by atoms with Gasteiger partial charge in [0.2, 0.25) is 5.91 Å². The third kappa shape index (κ3) is 3.03. The Kier molecular flexibility index (Phi) is 4.48. The van der Waals surface area contributed by atoms with Crippen LogP contribution in [0, 0.1) is 5.92 Å². The fourth-order valence-electron chi connectivity index (χ4n) is 2.66. The van der Waals surface area contributed by atoms with Crippen molar-refractivity contribution < 1.29 is 9.90 Å². The Morgan fingerprint density at radius 1 is 1.45 bits per heavy atom. The lowest BCUT2D eigenvalue weighted by Crippen LogP contribution is -2.66. The highest BCUT2D eigenvalue weighted by Crippen LogP contribution is 2.30. The van der Waals surface area contributed by atoms with E-state index in [2.05, 4.69) is 11.9 Å². The van der Waals surface area contributed by atoms with Gasteiger partial charge in [-0.25, -0.2) is 4.98 Å². The third-order valence-electron chi connectivity index (χ3n) is 4.34. The Hall–Kier alpha value is -1.36. The Balaban J connectivity index is 1.91. The summed E-state index contributed by atoms with van der Waals surface area (Å²) in [4.78, 5) is 18.1. The number of nitrogens with zero attached hydrogens (tertiary/aromatic N) is 3. The number of hydrogen-bond donors (Lipinski definition) is 1. The molecule has 1 aromatic rings. The summed E-state index contributed by atoms with van der Waals surface area (Å²) in [6.45, 7) is 7.04. The second-order valence-electron chi connectivity index (χ2n) is 6.16. The molecule has 5 nitrogen and oxygen atoms in total. The molecule has 20 heavy (non-hydrogen) atoms. The van der Waals surface area contributed by atoms with E-state index in [0.29, 0.717) is 19.5 Å². The highest BCUT2D eigenvalue weighted by molar-refractivity contribution is 5.77. The van der Waals surface area contributed by atoms with Crippen LogP contribution in [0.25, 0.3) is 0 Å². The Labute approximate surface area is 120 Å². The van der Waals surface area contributed by atoms with Crippen molar-refractivity contribution in [3.8, 4) is 0 Å². The molecule has 2 heterocycles. The number of β-amino-alcohol motifs (C(OH)–C–C–N with tert-alkyl or cyclic N) is 1. The topological polar surface area (TPSA) is 58.4 Å². The van der Waals surface area contributed by atoms with E-state index < -0.39 is 5.60 Å². The van der Waals surface area contributed by atoms with Crippen molar-refractivity contribution in [2.75, 3.05) is 13.1 Å². The minimum absolute atomic E-state index is 0.127. The number of carbonyl (C=O) groups is 1. The van der Waals surface area contributed by atoms with E-state index in [9.17, 15) is 9.90 Å². The molecule has 1 fully saturated rings. The number of aromatic nitrogens is 2. The molecule has 0 aromatic carbocycles. The minimum atomic E-state index is -0.690. The molecule has 1 aliphatic rings. The smallest absolute Gasteiger partial charge is 0.224 e. The van der Waals surface area contributed by atoms with Crippen LogP contribution in [0.5, 0.6) is 0 Å². The quantitative estimate of drug-likeness (QED) is 0.864. The molecule has 0 bridgehead atoms. The summed E-state index contributed by atoms with van der Waals surface area (Å²) in [5.41, 5.74) is -0.690. The zero-order chi connectivity index (χ0) is 14.8. The van der Waals surface area contributed by atoms with E-state index in [1.54, 1.807) is 17.4 Å². The van der Waals surface area contributed by atoms with Gasteiger partial charge in [-0.15, -0.1) is 0 Å². The highest BCUT2D eigenvalue weighted by atomic mass is 16.3. The standard InChI is InChI=1S/C15H25N3O2/c1-4-5-13(17-7-6-16-11-17)8-14(19)18-9-15(20,10-18)12(2)3/h6-7,11-13,20H,4-5,8-10H2,1-3H3. The predicted molar refractivity (Wildman–Crippen MR) is 77.2 cm³/mol. The normalized spacial score (nSPS) is 18.9. The van der Waals surface area contributed by atoms with E-state index in [1.807, 2.05) is 24.6 Å². The van der Waals surface area contributed by atoms with Gasteiger partial charge in [0, 0.05) is 24.9 Å². The molecule has 1 N–H and O–H groups in total. The average molecular weight is 279 g/mol. The Morgan fingerprint density at radius 3 is 2.65 bits per heavy atom. The molecule has 0 radical (unpaired) electrons. The van der Waals surface area contributed by atoms with Crippen LogP contribution in [-0.2, 0) is 4.79 Å². The van der Waals surface area contributed by atoms with E-state index in [-0.39, 0.29) is 17.9 Å². The van der Waals surface area contributed by atoms with Gasteiger partial charge in [0.1, 0.15) is 5.60 Å². The summed E-state index contributed by atoms with van der Waals surface area (Å²) >= 11 is 0. The molecule has 1 unspecified atom stereocenters. The molecule has 1 atom stereocenters. The summed E-state index contributed by atoms with van der Waals surface area (Å²) in [6.07, 6.45) is 7.91. The van der Waals surface area contributed by atoms with Crippen LogP contribution in [0.1, 0.15) is 46.1 Å². The van der Waals surface area contributed by atoms with Gasteiger partial charge in [0.15, 0.2) is 0 Å². The van der Waals surface area contributed by atoms with Gasteiger partial charge in [-0.2, -0.15) is 0 Å². The van der Waals surface area contributed by atoms with Crippen LogP contribution in [0.2, 0.25) is 0 Å². The molecule has 0 saturated carbocycles. The molecule has 1 aliphatic heterocycles. The molecule has 1 aromatic heterocycles. The molecular formula is C15H25N3O2. The predicted octanol–water partition coefficient (Wildman–Crippen LogP) is 1.84. The third-order valence-corrected chi connectivity index (χ3v) is 4.34. The number of carbonyl (C=O) groups excluding carboxylic acids is 1. The Morgan fingerprint density at radius 2 is 2.15 bits per heavy atom. The van der Waals surface area contributed by atoms with Gasteiger partial charge in [-0.05, 0) is 12.3 Å². The number of aliphatic hydroxyl groups is 1. The van der Waals surface area contributed by atoms with Crippen molar-refractivity contribution >= 4 is 5.91 Å². The van der Waals surface area contributed by atoms with E-state index in [4.69, 9.17) is 0 Å². The van der Waals surface area contributed by atoms with E-state index >= 15 is 0 Å². The monoisotopic (exact) mass is 279 g/mol. The number of amides is 1. The van der Waals surface area contributed by atoms with Crippen molar-refractivity contribution in [1.82, 2.24) is 14.5 Å². The van der Waals surface area contributed by atoms with Gasteiger partial charge in [-0.1, -0.05) is 27.2 Å². The maximum Gasteiger partial charge on any atom is 0.224 e. The van der Waals surface area contributed by atoms with Gasteiger partial charge in [0.25, 0.3) is 0 Å². The second-order valence-corrected chi connectivity index (χ2v) is 6.16. The molecule has 0 spiro atoms. The van der Waals surface area contributed by atoms with E-state index in [0.717, 1.165) is 12.8 Å².